The molecule has 2 heterocycles. The average Bonchev–Trinajstić information content (AvgIpc) is 2.82. The molecule has 6 heteroatoms. The topological polar surface area (TPSA) is 55.3 Å². The number of amides is 1. The van der Waals surface area contributed by atoms with Crippen LogP contribution in [0.1, 0.15) is 20.8 Å². The second kappa shape index (κ2) is 5.36. The Morgan fingerprint density at radius 3 is 2.68 bits per heavy atom. The summed E-state index contributed by atoms with van der Waals surface area (Å²) in [6.45, 7) is 5.49. The summed E-state index contributed by atoms with van der Waals surface area (Å²) in [5.41, 5.74) is 0.177. The largest absolute Gasteiger partial charge is 0.443 e. The highest BCUT2D eigenvalue weighted by Gasteiger charge is 2.25. The van der Waals surface area contributed by atoms with Crippen molar-refractivity contribution in [3.63, 3.8) is 0 Å². The molecule has 0 aliphatic carbocycles. The maximum Gasteiger partial charge on any atom is 0.420 e. The second-order valence-electron chi connectivity index (χ2n) is 4.86. The molecule has 1 amide bonds. The number of hydrogen-bond acceptors (Lipinski definition) is 5. The fourth-order valence-electron chi connectivity index (χ4n) is 1.44. The highest BCUT2D eigenvalue weighted by atomic mass is 32.1. The molecular weight excluding hydrogens is 262 g/mol. The Labute approximate surface area is 115 Å². The summed E-state index contributed by atoms with van der Waals surface area (Å²) in [5.74, 6) is 0.489. The molecule has 0 aliphatic heterocycles. The molecule has 0 fully saturated rings. The zero-order chi connectivity index (χ0) is 13.9. The molecular formula is C13H15N3O2S. The third-order valence-corrected chi connectivity index (χ3v) is 2.81. The fourth-order valence-corrected chi connectivity index (χ4v) is 2.06. The molecule has 2 aromatic rings. The normalized spacial score (nSPS) is 11.1. The summed E-state index contributed by atoms with van der Waals surface area (Å²) in [5, 5.41) is 3.76. The third kappa shape index (κ3) is 3.51. The van der Waals surface area contributed by atoms with Gasteiger partial charge in [-0.25, -0.2) is 19.7 Å². The first-order chi connectivity index (χ1) is 8.97. The Hall–Kier alpha value is -1.95. The summed E-state index contributed by atoms with van der Waals surface area (Å²) < 4.78 is 5.41. The number of carbonyl (C=O) groups is 1. The molecule has 0 saturated heterocycles. The molecule has 2 aromatic heterocycles. The monoisotopic (exact) mass is 277 g/mol. The van der Waals surface area contributed by atoms with Gasteiger partial charge >= 0.3 is 6.09 Å². The average molecular weight is 277 g/mol. The number of hydrogen-bond donors (Lipinski definition) is 0. The SMILES string of the molecule is CC(C)(C)OC(=O)N(c1ccsc1)c1ccncn1. The Kier molecular flexibility index (Phi) is 3.80. The van der Waals surface area contributed by atoms with Crippen LogP contribution in [0.2, 0.25) is 0 Å². The van der Waals surface area contributed by atoms with Crippen molar-refractivity contribution in [3.8, 4) is 0 Å². The summed E-state index contributed by atoms with van der Waals surface area (Å²) in [6, 6.07) is 3.51. The minimum Gasteiger partial charge on any atom is -0.443 e. The fraction of sp³-hybridized carbons (Fsp3) is 0.308. The van der Waals surface area contributed by atoms with E-state index in [1.54, 1.807) is 12.3 Å². The van der Waals surface area contributed by atoms with Crippen molar-refractivity contribution in [1.82, 2.24) is 9.97 Å². The van der Waals surface area contributed by atoms with E-state index in [1.807, 2.05) is 37.6 Å². The van der Waals surface area contributed by atoms with Gasteiger partial charge in [-0.15, -0.1) is 0 Å². The van der Waals surface area contributed by atoms with E-state index >= 15 is 0 Å². The Morgan fingerprint density at radius 2 is 2.16 bits per heavy atom. The van der Waals surface area contributed by atoms with Gasteiger partial charge in [0.1, 0.15) is 17.7 Å². The van der Waals surface area contributed by atoms with Gasteiger partial charge in [-0.2, -0.15) is 11.3 Å². The molecule has 0 unspecified atom stereocenters. The number of thiophene rings is 1. The summed E-state index contributed by atoms with van der Waals surface area (Å²) in [4.78, 5) is 21.7. The highest BCUT2D eigenvalue weighted by molar-refractivity contribution is 7.08. The lowest BCUT2D eigenvalue weighted by Crippen LogP contribution is -2.34. The molecule has 0 aliphatic rings. The quantitative estimate of drug-likeness (QED) is 0.841. The first-order valence-corrected chi connectivity index (χ1v) is 6.73. The lowest BCUT2D eigenvalue weighted by atomic mass is 10.2. The van der Waals surface area contributed by atoms with Crippen LogP contribution in [0, 0.1) is 0 Å². The number of carbonyl (C=O) groups excluding carboxylic acids is 1. The molecule has 0 aromatic carbocycles. The van der Waals surface area contributed by atoms with E-state index in [-0.39, 0.29) is 0 Å². The molecule has 0 radical (unpaired) electrons. The minimum absolute atomic E-state index is 0.454. The van der Waals surface area contributed by atoms with Gasteiger partial charge in [0, 0.05) is 11.6 Å². The molecule has 5 nitrogen and oxygen atoms in total. The number of rotatable bonds is 2. The van der Waals surface area contributed by atoms with Gasteiger partial charge in [-0.1, -0.05) is 0 Å². The van der Waals surface area contributed by atoms with E-state index in [2.05, 4.69) is 9.97 Å². The van der Waals surface area contributed by atoms with Gasteiger partial charge in [-0.05, 0) is 38.3 Å². The van der Waals surface area contributed by atoms with Crippen molar-refractivity contribution < 1.29 is 9.53 Å². The van der Waals surface area contributed by atoms with Crippen molar-refractivity contribution in [2.75, 3.05) is 4.90 Å². The maximum absolute atomic E-state index is 12.3. The number of ether oxygens (including phenoxy) is 1. The molecule has 0 bridgehead atoms. The molecule has 19 heavy (non-hydrogen) atoms. The predicted octanol–water partition coefficient (Wildman–Crippen LogP) is 3.61. The Bertz CT molecular complexity index is 535. The standard InChI is InChI=1S/C13H15N3O2S/c1-13(2,3)18-12(17)16(10-5-7-19-8-10)11-4-6-14-9-15-11/h4-9H,1-3H3. The lowest BCUT2D eigenvalue weighted by molar-refractivity contribution is 0.0598. The lowest BCUT2D eigenvalue weighted by Gasteiger charge is -2.25. The van der Waals surface area contributed by atoms with E-state index in [0.29, 0.717) is 5.82 Å². The second-order valence-corrected chi connectivity index (χ2v) is 5.64. The van der Waals surface area contributed by atoms with Crippen LogP contribution in [0.4, 0.5) is 16.3 Å². The number of aromatic nitrogens is 2. The van der Waals surface area contributed by atoms with Gasteiger partial charge in [0.05, 0.1) is 5.69 Å². The Balaban J connectivity index is 2.34. The maximum atomic E-state index is 12.3. The highest BCUT2D eigenvalue weighted by Crippen LogP contribution is 2.27. The number of anilines is 2. The van der Waals surface area contributed by atoms with Gasteiger partial charge < -0.3 is 4.74 Å². The van der Waals surface area contributed by atoms with E-state index in [4.69, 9.17) is 4.74 Å². The minimum atomic E-state index is -0.557. The van der Waals surface area contributed by atoms with Gasteiger partial charge in [0.25, 0.3) is 0 Å². The number of nitrogens with zero attached hydrogens (tertiary/aromatic N) is 3. The molecule has 0 spiro atoms. The van der Waals surface area contributed by atoms with Crippen LogP contribution in [0.3, 0.4) is 0 Å². The van der Waals surface area contributed by atoms with Crippen molar-refractivity contribution >= 4 is 28.9 Å². The van der Waals surface area contributed by atoms with Gasteiger partial charge in [-0.3, -0.25) is 0 Å². The first-order valence-electron chi connectivity index (χ1n) is 5.79. The van der Waals surface area contributed by atoms with Crippen LogP contribution in [0.25, 0.3) is 0 Å². The third-order valence-electron chi connectivity index (χ3n) is 2.14. The van der Waals surface area contributed by atoms with Crippen LogP contribution in [-0.4, -0.2) is 21.7 Å². The van der Waals surface area contributed by atoms with Crippen LogP contribution in [0.5, 0.6) is 0 Å². The van der Waals surface area contributed by atoms with Gasteiger partial charge in [0.2, 0.25) is 0 Å². The molecule has 0 saturated carbocycles. The van der Waals surface area contributed by atoms with E-state index in [1.165, 1.54) is 22.6 Å². The molecule has 2 rings (SSSR count). The van der Waals surface area contributed by atoms with Crippen LogP contribution in [0.15, 0.2) is 35.4 Å². The predicted molar refractivity (Wildman–Crippen MR) is 74.7 cm³/mol. The summed E-state index contributed by atoms with van der Waals surface area (Å²) in [6.07, 6.45) is 2.54. The van der Waals surface area contributed by atoms with Crippen molar-refractivity contribution in [1.29, 1.82) is 0 Å². The zero-order valence-electron chi connectivity index (χ0n) is 11.0. The van der Waals surface area contributed by atoms with Crippen LogP contribution < -0.4 is 4.90 Å². The summed E-state index contributed by atoms with van der Waals surface area (Å²) >= 11 is 1.51. The van der Waals surface area contributed by atoms with Crippen molar-refractivity contribution in [2.24, 2.45) is 0 Å². The smallest absolute Gasteiger partial charge is 0.420 e. The van der Waals surface area contributed by atoms with E-state index in [9.17, 15) is 4.79 Å². The van der Waals surface area contributed by atoms with Gasteiger partial charge in [0.15, 0.2) is 0 Å². The zero-order valence-corrected chi connectivity index (χ0v) is 11.8. The van der Waals surface area contributed by atoms with E-state index in [0.717, 1.165) is 5.69 Å². The van der Waals surface area contributed by atoms with E-state index < -0.39 is 11.7 Å². The first kappa shape index (κ1) is 13.5. The molecule has 0 N–H and O–H groups in total. The Morgan fingerprint density at radius 1 is 1.37 bits per heavy atom. The van der Waals surface area contributed by atoms with Crippen LogP contribution in [-0.2, 0) is 4.74 Å². The molecule has 0 atom stereocenters. The van der Waals surface area contributed by atoms with Crippen LogP contribution >= 0.6 is 11.3 Å². The molecule has 100 valence electrons. The van der Waals surface area contributed by atoms with Crippen molar-refractivity contribution in [2.45, 2.75) is 26.4 Å². The summed E-state index contributed by atoms with van der Waals surface area (Å²) in [7, 11) is 0. The van der Waals surface area contributed by atoms with Crippen molar-refractivity contribution in [3.05, 3.63) is 35.4 Å².